The normalized spacial score (nSPS) is 16.7. The number of aromatic amines is 1. The van der Waals surface area contributed by atoms with Crippen LogP contribution in [0.1, 0.15) is 66.8 Å². The zero-order valence-corrected chi connectivity index (χ0v) is 20.8. The minimum Gasteiger partial charge on any atom is -0.480 e. The van der Waals surface area contributed by atoms with Crippen LogP contribution >= 0.6 is 23.4 Å². The summed E-state index contributed by atoms with van der Waals surface area (Å²) < 4.78 is 1.30. The number of benzene rings is 1. The standard InChI is InChI=1S/C26H27ClN4O3S/c27-22-12-18(7-8-19(22)14-35-26-28-15-31(30-26)13-24(32)33)21(11-16-3-1-2-4-16)23-10-9-20(17-5-6-17)25(34)29-23/h7-12,15-17H,1-6,13-14H2,(H,29,34)(H,32,33)/b21-11+. The van der Waals surface area contributed by atoms with Crippen molar-refractivity contribution < 1.29 is 9.90 Å². The van der Waals surface area contributed by atoms with Crippen LogP contribution in [0, 0.1) is 5.92 Å². The summed E-state index contributed by atoms with van der Waals surface area (Å²) in [6, 6.07) is 10.0. The second kappa shape index (κ2) is 10.4. The molecule has 182 valence electrons. The zero-order chi connectivity index (χ0) is 24.4. The van der Waals surface area contributed by atoms with Crippen molar-refractivity contribution in [2.75, 3.05) is 0 Å². The first-order chi connectivity index (χ1) is 17.0. The summed E-state index contributed by atoms with van der Waals surface area (Å²) in [6.45, 7) is -0.219. The van der Waals surface area contributed by atoms with Crippen molar-refractivity contribution in [3.63, 3.8) is 0 Å². The molecule has 2 aromatic heterocycles. The molecule has 2 heterocycles. The highest BCUT2D eigenvalue weighted by molar-refractivity contribution is 7.98. The van der Waals surface area contributed by atoms with Crippen molar-refractivity contribution in [2.45, 2.75) is 61.9 Å². The van der Waals surface area contributed by atoms with Crippen LogP contribution in [0.4, 0.5) is 0 Å². The first-order valence-electron chi connectivity index (χ1n) is 11.9. The van der Waals surface area contributed by atoms with E-state index < -0.39 is 5.97 Å². The summed E-state index contributed by atoms with van der Waals surface area (Å²) in [6.07, 6.45) is 10.7. The number of allylic oxidation sites excluding steroid dienone is 1. The number of rotatable bonds is 9. The van der Waals surface area contributed by atoms with Gasteiger partial charge in [-0.1, -0.05) is 60.5 Å². The summed E-state index contributed by atoms with van der Waals surface area (Å²) >= 11 is 8.09. The fourth-order valence-electron chi connectivity index (χ4n) is 4.59. The minimum atomic E-state index is -0.963. The number of carbonyl (C=O) groups is 1. The summed E-state index contributed by atoms with van der Waals surface area (Å²) in [4.78, 5) is 30.9. The van der Waals surface area contributed by atoms with Gasteiger partial charge in [0.25, 0.3) is 5.56 Å². The van der Waals surface area contributed by atoms with E-state index in [2.05, 4.69) is 21.1 Å². The van der Waals surface area contributed by atoms with Gasteiger partial charge in [0.05, 0.1) is 0 Å². The summed E-state index contributed by atoms with van der Waals surface area (Å²) in [5.41, 5.74) is 4.67. The van der Waals surface area contributed by atoms with Gasteiger partial charge in [-0.05, 0) is 60.8 Å². The lowest BCUT2D eigenvalue weighted by Gasteiger charge is -2.14. The predicted octanol–water partition coefficient (Wildman–Crippen LogP) is 5.50. The minimum absolute atomic E-state index is 0.0104. The van der Waals surface area contributed by atoms with Crippen LogP contribution in [-0.2, 0) is 17.1 Å². The topological polar surface area (TPSA) is 101 Å². The lowest BCUT2D eigenvalue weighted by Crippen LogP contribution is -2.13. The van der Waals surface area contributed by atoms with Crippen molar-refractivity contribution in [3.8, 4) is 0 Å². The van der Waals surface area contributed by atoms with E-state index in [0.717, 1.165) is 53.6 Å². The molecule has 0 bridgehead atoms. The fraction of sp³-hybridized carbons (Fsp3) is 0.385. The van der Waals surface area contributed by atoms with Crippen molar-refractivity contribution in [2.24, 2.45) is 5.92 Å². The molecule has 7 nitrogen and oxygen atoms in total. The van der Waals surface area contributed by atoms with E-state index in [1.807, 2.05) is 30.3 Å². The van der Waals surface area contributed by atoms with Crippen LogP contribution in [0.3, 0.4) is 0 Å². The van der Waals surface area contributed by atoms with E-state index in [9.17, 15) is 9.59 Å². The van der Waals surface area contributed by atoms with E-state index in [-0.39, 0.29) is 12.1 Å². The molecule has 3 aromatic rings. The van der Waals surface area contributed by atoms with Crippen LogP contribution in [0.25, 0.3) is 5.57 Å². The number of nitrogens with zero attached hydrogens (tertiary/aromatic N) is 3. The van der Waals surface area contributed by atoms with E-state index in [4.69, 9.17) is 16.7 Å². The molecule has 2 saturated carbocycles. The van der Waals surface area contributed by atoms with Gasteiger partial charge in [0.15, 0.2) is 0 Å². The Labute approximate surface area is 212 Å². The third kappa shape index (κ3) is 5.87. The SMILES string of the molecule is O=C(O)Cn1cnc(SCc2ccc(/C(=C\C3CCCC3)c3ccc(C4CC4)c(=O)[nH]3)cc2Cl)n1. The Bertz CT molecular complexity index is 1320. The molecule has 0 amide bonds. The number of nitrogens with one attached hydrogen (secondary N) is 1. The van der Waals surface area contributed by atoms with Gasteiger partial charge in [-0.15, -0.1) is 5.10 Å². The summed E-state index contributed by atoms with van der Waals surface area (Å²) in [5, 5.41) is 14.2. The van der Waals surface area contributed by atoms with E-state index >= 15 is 0 Å². The third-order valence-corrected chi connectivity index (χ3v) is 7.84. The van der Waals surface area contributed by atoms with E-state index in [1.54, 1.807) is 0 Å². The van der Waals surface area contributed by atoms with Gasteiger partial charge in [0.1, 0.15) is 12.9 Å². The Kier molecular flexibility index (Phi) is 7.11. The van der Waals surface area contributed by atoms with Gasteiger partial charge in [-0.2, -0.15) is 0 Å². The number of H-pyrrole nitrogens is 1. The Hall–Kier alpha value is -2.84. The first-order valence-corrected chi connectivity index (χ1v) is 13.3. The molecule has 2 fully saturated rings. The smallest absolute Gasteiger partial charge is 0.325 e. The summed E-state index contributed by atoms with van der Waals surface area (Å²) in [7, 11) is 0. The van der Waals surface area contributed by atoms with E-state index in [0.29, 0.717) is 27.8 Å². The summed E-state index contributed by atoms with van der Waals surface area (Å²) in [5.74, 6) is 0.504. The predicted molar refractivity (Wildman–Crippen MR) is 137 cm³/mol. The number of aliphatic carboxylic acids is 1. The quantitative estimate of drug-likeness (QED) is 0.369. The van der Waals surface area contributed by atoms with Crippen LogP contribution < -0.4 is 5.56 Å². The van der Waals surface area contributed by atoms with Gasteiger partial charge >= 0.3 is 5.97 Å². The molecular formula is C26H27ClN4O3S. The molecule has 9 heteroatoms. The number of hydrogen-bond acceptors (Lipinski definition) is 5. The fourth-order valence-corrected chi connectivity index (χ4v) is 5.74. The molecule has 0 saturated heterocycles. The van der Waals surface area contributed by atoms with Crippen LogP contribution in [-0.4, -0.2) is 30.8 Å². The maximum atomic E-state index is 12.7. The Morgan fingerprint density at radius 2 is 2.00 bits per heavy atom. The molecule has 2 N–H and O–H groups in total. The number of hydrogen-bond donors (Lipinski definition) is 2. The Morgan fingerprint density at radius 3 is 2.69 bits per heavy atom. The van der Waals surface area contributed by atoms with Crippen molar-refractivity contribution in [1.29, 1.82) is 0 Å². The monoisotopic (exact) mass is 510 g/mol. The maximum Gasteiger partial charge on any atom is 0.325 e. The molecular weight excluding hydrogens is 484 g/mol. The molecule has 1 aromatic carbocycles. The number of thioether (sulfide) groups is 1. The van der Waals surface area contributed by atoms with Gasteiger partial charge in [-0.3, -0.25) is 9.59 Å². The average Bonchev–Trinajstić information content (AvgIpc) is 3.34. The average molecular weight is 511 g/mol. The van der Waals surface area contributed by atoms with Crippen LogP contribution in [0.2, 0.25) is 5.02 Å². The first kappa shape index (κ1) is 23.9. The number of halogens is 1. The highest BCUT2D eigenvalue weighted by Crippen LogP contribution is 2.39. The van der Waals surface area contributed by atoms with Crippen molar-refractivity contribution in [1.82, 2.24) is 19.7 Å². The number of carboxylic acids is 1. The lowest BCUT2D eigenvalue weighted by molar-refractivity contribution is -0.137. The van der Waals surface area contributed by atoms with Gasteiger partial charge in [0, 0.05) is 27.6 Å². The second-order valence-electron chi connectivity index (χ2n) is 9.27. The number of carboxylic acid groups (broad SMARTS) is 1. The third-order valence-electron chi connectivity index (χ3n) is 6.58. The molecule has 2 aliphatic rings. The molecule has 0 atom stereocenters. The van der Waals surface area contributed by atoms with E-state index in [1.165, 1.54) is 35.6 Å². The zero-order valence-electron chi connectivity index (χ0n) is 19.2. The lowest BCUT2D eigenvalue weighted by atomic mass is 9.95. The van der Waals surface area contributed by atoms with Crippen molar-refractivity contribution in [3.05, 3.63) is 80.5 Å². The molecule has 0 aliphatic heterocycles. The second-order valence-corrected chi connectivity index (χ2v) is 10.6. The Balaban J connectivity index is 1.38. The van der Waals surface area contributed by atoms with Crippen LogP contribution in [0.5, 0.6) is 0 Å². The number of aromatic nitrogens is 4. The molecule has 0 spiro atoms. The molecule has 0 radical (unpaired) electrons. The van der Waals surface area contributed by atoms with Crippen molar-refractivity contribution >= 4 is 34.9 Å². The molecule has 2 aliphatic carbocycles. The highest BCUT2D eigenvalue weighted by atomic mass is 35.5. The van der Waals surface area contributed by atoms with Gasteiger partial charge in [-0.25, -0.2) is 9.67 Å². The van der Waals surface area contributed by atoms with Gasteiger partial charge < -0.3 is 10.1 Å². The van der Waals surface area contributed by atoms with Crippen LogP contribution in [0.15, 0.2) is 52.7 Å². The number of pyridine rings is 1. The maximum absolute atomic E-state index is 12.7. The largest absolute Gasteiger partial charge is 0.480 e. The molecule has 5 rings (SSSR count). The molecule has 0 unspecified atom stereocenters. The Morgan fingerprint density at radius 1 is 1.20 bits per heavy atom. The molecule has 35 heavy (non-hydrogen) atoms. The van der Waals surface area contributed by atoms with Gasteiger partial charge in [0.2, 0.25) is 5.16 Å². The highest BCUT2D eigenvalue weighted by Gasteiger charge is 2.26.